The first-order valence-corrected chi connectivity index (χ1v) is 6.36. The topological polar surface area (TPSA) is 64.6 Å². The van der Waals surface area contributed by atoms with Crippen LogP contribution < -0.4 is 5.32 Å². The Morgan fingerprint density at radius 3 is 2.10 bits per heavy atom. The molecule has 0 heterocycles. The fourth-order valence-corrected chi connectivity index (χ4v) is 1.76. The summed E-state index contributed by atoms with van der Waals surface area (Å²) in [5.74, 6) is -0.635. The highest BCUT2D eigenvalue weighted by molar-refractivity contribution is 5.87. The molecule has 2 aromatic carbocycles. The van der Waals surface area contributed by atoms with E-state index in [9.17, 15) is 9.59 Å². The Bertz CT molecular complexity index is 598. The second-order valence-electron chi connectivity index (χ2n) is 4.21. The first-order chi connectivity index (χ1) is 10.2. The summed E-state index contributed by atoms with van der Waals surface area (Å²) in [5, 5.41) is 2.55. The van der Waals surface area contributed by atoms with Gasteiger partial charge in [-0.25, -0.2) is 9.59 Å². The third kappa shape index (κ3) is 4.07. The van der Waals surface area contributed by atoms with Gasteiger partial charge in [-0.05, 0) is 12.1 Å². The van der Waals surface area contributed by atoms with Crippen molar-refractivity contribution in [1.29, 1.82) is 0 Å². The maximum Gasteiger partial charge on any atom is 0.412 e. The van der Waals surface area contributed by atoms with E-state index in [4.69, 9.17) is 4.74 Å². The average Bonchev–Trinajstić information content (AvgIpc) is 2.53. The molecule has 0 aliphatic heterocycles. The van der Waals surface area contributed by atoms with E-state index >= 15 is 0 Å². The third-order valence-corrected chi connectivity index (χ3v) is 2.76. The molecule has 2 rings (SSSR count). The van der Waals surface area contributed by atoms with E-state index < -0.39 is 18.2 Å². The van der Waals surface area contributed by atoms with Gasteiger partial charge in [0.2, 0.25) is 6.10 Å². The number of carbonyl (C=O) groups is 2. The zero-order valence-corrected chi connectivity index (χ0v) is 11.5. The van der Waals surface area contributed by atoms with Gasteiger partial charge in [0, 0.05) is 11.3 Å². The van der Waals surface area contributed by atoms with Crippen molar-refractivity contribution in [2.75, 3.05) is 12.4 Å². The molecule has 0 radical (unpaired) electrons. The zero-order chi connectivity index (χ0) is 15.1. The number of anilines is 1. The molecule has 0 saturated heterocycles. The predicted octanol–water partition coefficient (Wildman–Crippen LogP) is 3.15. The van der Waals surface area contributed by atoms with E-state index in [1.807, 2.05) is 12.1 Å². The van der Waals surface area contributed by atoms with Crippen LogP contribution in [0.2, 0.25) is 0 Å². The minimum Gasteiger partial charge on any atom is -0.466 e. The van der Waals surface area contributed by atoms with Gasteiger partial charge in [0.05, 0.1) is 7.11 Å². The number of esters is 1. The summed E-state index contributed by atoms with van der Waals surface area (Å²) in [6.45, 7) is 0. The van der Waals surface area contributed by atoms with Crippen molar-refractivity contribution in [1.82, 2.24) is 0 Å². The fourth-order valence-electron chi connectivity index (χ4n) is 1.76. The van der Waals surface area contributed by atoms with Gasteiger partial charge in [0.25, 0.3) is 0 Å². The summed E-state index contributed by atoms with van der Waals surface area (Å²) < 4.78 is 9.84. The maximum atomic E-state index is 11.9. The SMILES string of the molecule is COC(=O)C(OC(=O)Nc1ccccc1)c1ccccc1. The Labute approximate surface area is 122 Å². The number of benzene rings is 2. The number of nitrogens with one attached hydrogen (secondary N) is 1. The summed E-state index contributed by atoms with van der Waals surface area (Å²) in [7, 11) is 1.25. The van der Waals surface area contributed by atoms with E-state index in [1.54, 1.807) is 48.5 Å². The fraction of sp³-hybridized carbons (Fsp3) is 0.125. The number of hydrogen-bond donors (Lipinski definition) is 1. The molecule has 1 unspecified atom stereocenters. The lowest BCUT2D eigenvalue weighted by atomic mass is 10.1. The molecule has 0 aliphatic rings. The quantitative estimate of drug-likeness (QED) is 0.876. The van der Waals surface area contributed by atoms with Crippen LogP contribution in [0.15, 0.2) is 60.7 Å². The number of methoxy groups -OCH3 is 1. The highest BCUT2D eigenvalue weighted by Gasteiger charge is 2.25. The zero-order valence-electron chi connectivity index (χ0n) is 11.5. The van der Waals surface area contributed by atoms with Gasteiger partial charge in [-0.3, -0.25) is 5.32 Å². The molecule has 1 N–H and O–H groups in total. The Morgan fingerprint density at radius 1 is 0.952 bits per heavy atom. The summed E-state index contributed by atoms with van der Waals surface area (Å²) >= 11 is 0. The van der Waals surface area contributed by atoms with Crippen molar-refractivity contribution in [2.24, 2.45) is 0 Å². The third-order valence-electron chi connectivity index (χ3n) is 2.76. The molecule has 0 bridgehead atoms. The first-order valence-electron chi connectivity index (χ1n) is 6.36. The molecule has 5 heteroatoms. The Kier molecular flexibility index (Phi) is 4.93. The first kappa shape index (κ1) is 14.6. The van der Waals surface area contributed by atoms with Crippen LogP contribution in [0.1, 0.15) is 11.7 Å². The molecule has 108 valence electrons. The molecule has 1 amide bonds. The number of hydrogen-bond acceptors (Lipinski definition) is 4. The molecule has 0 fully saturated rings. The Balaban J connectivity index is 2.09. The molecule has 5 nitrogen and oxygen atoms in total. The Morgan fingerprint density at radius 2 is 1.52 bits per heavy atom. The highest BCUT2D eigenvalue weighted by Crippen LogP contribution is 2.19. The molecule has 0 aliphatic carbocycles. The standard InChI is InChI=1S/C16H15NO4/c1-20-15(18)14(12-8-4-2-5-9-12)21-16(19)17-13-10-6-3-7-11-13/h2-11,14H,1H3,(H,17,19). The Hall–Kier alpha value is -2.82. The van der Waals surface area contributed by atoms with E-state index in [-0.39, 0.29) is 0 Å². The molecule has 21 heavy (non-hydrogen) atoms. The van der Waals surface area contributed by atoms with Gasteiger partial charge in [-0.15, -0.1) is 0 Å². The van der Waals surface area contributed by atoms with Crippen molar-refractivity contribution in [3.8, 4) is 0 Å². The van der Waals surface area contributed by atoms with Gasteiger partial charge in [-0.2, -0.15) is 0 Å². The molecule has 1 atom stereocenters. The molecule has 0 saturated carbocycles. The average molecular weight is 285 g/mol. The van der Waals surface area contributed by atoms with Crippen LogP contribution >= 0.6 is 0 Å². The maximum absolute atomic E-state index is 11.9. The number of rotatable bonds is 4. The van der Waals surface area contributed by atoms with E-state index in [0.29, 0.717) is 11.3 Å². The number of amides is 1. The van der Waals surface area contributed by atoms with Crippen molar-refractivity contribution < 1.29 is 19.1 Å². The summed E-state index contributed by atoms with van der Waals surface area (Å²) in [6.07, 6.45) is -1.82. The minimum atomic E-state index is -1.10. The second kappa shape index (κ2) is 7.09. The van der Waals surface area contributed by atoms with Crippen LogP contribution in [-0.4, -0.2) is 19.2 Å². The molecular formula is C16H15NO4. The number of para-hydroxylation sites is 1. The molecular weight excluding hydrogens is 270 g/mol. The van der Waals surface area contributed by atoms with Gasteiger partial charge < -0.3 is 9.47 Å². The van der Waals surface area contributed by atoms with Crippen LogP contribution in [0.4, 0.5) is 10.5 Å². The lowest BCUT2D eigenvalue weighted by Crippen LogP contribution is -2.24. The largest absolute Gasteiger partial charge is 0.466 e. The van der Waals surface area contributed by atoms with Crippen molar-refractivity contribution >= 4 is 17.7 Å². The van der Waals surface area contributed by atoms with E-state index in [1.165, 1.54) is 7.11 Å². The molecule has 0 aromatic heterocycles. The van der Waals surface area contributed by atoms with Crippen molar-refractivity contribution in [2.45, 2.75) is 6.10 Å². The van der Waals surface area contributed by atoms with Crippen LogP contribution in [0.5, 0.6) is 0 Å². The van der Waals surface area contributed by atoms with Gasteiger partial charge in [0.1, 0.15) is 0 Å². The van der Waals surface area contributed by atoms with Crippen LogP contribution in [0.3, 0.4) is 0 Å². The summed E-state index contributed by atoms with van der Waals surface area (Å²) in [6, 6.07) is 17.5. The molecule has 0 spiro atoms. The smallest absolute Gasteiger partial charge is 0.412 e. The van der Waals surface area contributed by atoms with E-state index in [2.05, 4.69) is 10.1 Å². The van der Waals surface area contributed by atoms with Crippen LogP contribution in [0.25, 0.3) is 0 Å². The van der Waals surface area contributed by atoms with Crippen molar-refractivity contribution in [3.05, 3.63) is 66.2 Å². The number of carbonyl (C=O) groups excluding carboxylic acids is 2. The van der Waals surface area contributed by atoms with Gasteiger partial charge in [0.15, 0.2) is 0 Å². The monoisotopic (exact) mass is 285 g/mol. The minimum absolute atomic E-state index is 0.549. The normalized spacial score (nSPS) is 11.3. The van der Waals surface area contributed by atoms with Gasteiger partial charge >= 0.3 is 12.1 Å². The van der Waals surface area contributed by atoms with Crippen LogP contribution in [-0.2, 0) is 14.3 Å². The lowest BCUT2D eigenvalue weighted by molar-refractivity contribution is -0.150. The van der Waals surface area contributed by atoms with Crippen molar-refractivity contribution in [3.63, 3.8) is 0 Å². The molecule has 2 aromatic rings. The lowest BCUT2D eigenvalue weighted by Gasteiger charge is -2.16. The summed E-state index contributed by atoms with van der Waals surface area (Å²) in [4.78, 5) is 23.6. The summed E-state index contributed by atoms with van der Waals surface area (Å²) in [5.41, 5.74) is 1.13. The van der Waals surface area contributed by atoms with Gasteiger partial charge in [-0.1, -0.05) is 48.5 Å². The predicted molar refractivity (Wildman–Crippen MR) is 77.7 cm³/mol. The second-order valence-corrected chi connectivity index (χ2v) is 4.21. The number of ether oxygens (including phenoxy) is 2. The highest BCUT2D eigenvalue weighted by atomic mass is 16.6. The van der Waals surface area contributed by atoms with E-state index in [0.717, 1.165) is 0 Å². The van der Waals surface area contributed by atoms with Crippen LogP contribution in [0, 0.1) is 0 Å².